The zero-order valence-corrected chi connectivity index (χ0v) is 25.9. The van der Waals surface area contributed by atoms with Crippen LogP contribution in [0.15, 0.2) is 137 Å². The summed E-state index contributed by atoms with van der Waals surface area (Å²) in [5, 5.41) is 4.96. The Morgan fingerprint density at radius 1 is 0.711 bits per heavy atom. The largest absolute Gasteiger partial charge is 0.422 e. The predicted molar refractivity (Wildman–Crippen MR) is 189 cm³/mol. The first-order valence-corrected chi connectivity index (χ1v) is 15.3. The number of hydrogen-bond donors (Lipinski definition) is 0. The van der Waals surface area contributed by atoms with E-state index >= 15 is 0 Å². The van der Waals surface area contributed by atoms with E-state index in [1.54, 1.807) is 35.0 Å². The van der Waals surface area contributed by atoms with E-state index < -0.39 is 0 Å². The molecule has 0 atom stereocenters. The molecule has 214 valence electrons. The van der Waals surface area contributed by atoms with Crippen LogP contribution >= 0.6 is 22.6 Å². The second kappa shape index (κ2) is 10.6. The maximum absolute atomic E-state index is 13.3. The highest BCUT2D eigenvalue weighted by molar-refractivity contribution is 14.1. The van der Waals surface area contributed by atoms with Gasteiger partial charge in [0, 0.05) is 55.6 Å². The summed E-state index contributed by atoms with van der Waals surface area (Å²) >= 11 is 1.70. The molecule has 8 rings (SSSR count). The van der Waals surface area contributed by atoms with Crippen LogP contribution in [0.5, 0.6) is 0 Å². The van der Waals surface area contributed by atoms with Crippen LogP contribution < -0.4 is 5.63 Å². The van der Waals surface area contributed by atoms with Crippen molar-refractivity contribution in [3.05, 3.63) is 144 Å². The Bertz CT molecular complexity index is 2550. The summed E-state index contributed by atoms with van der Waals surface area (Å²) in [6.07, 6.45) is 3.24. The Morgan fingerprint density at radius 2 is 1.38 bits per heavy atom. The summed E-state index contributed by atoms with van der Waals surface area (Å²) in [7, 11) is 0. The first-order chi connectivity index (χ1) is 21.9. The number of carbonyl (C=O) groups excluding carboxylic acids is 1. The Hall–Kier alpha value is -5.41. The summed E-state index contributed by atoms with van der Waals surface area (Å²) in [6, 6.07) is 36.4. The number of fused-ring (bicyclic) bond motifs is 5. The third-order valence-electron chi connectivity index (χ3n) is 8.19. The second-order valence-electron chi connectivity index (χ2n) is 10.9. The summed E-state index contributed by atoms with van der Waals surface area (Å²) in [5.41, 5.74) is 6.82. The van der Waals surface area contributed by atoms with E-state index in [2.05, 4.69) is 69.6 Å². The van der Waals surface area contributed by atoms with Gasteiger partial charge in [-0.1, -0.05) is 61.2 Å². The monoisotopic (exact) mass is 695 g/mol. The summed E-state index contributed by atoms with van der Waals surface area (Å²) in [5.74, 6) is 0. The molecule has 0 unspecified atom stereocenters. The fourth-order valence-corrected chi connectivity index (χ4v) is 6.22. The molecule has 0 bridgehead atoms. The van der Waals surface area contributed by atoms with Gasteiger partial charge in [-0.15, -0.1) is 0 Å². The zero-order chi connectivity index (χ0) is 30.7. The molecule has 0 aliphatic heterocycles. The van der Waals surface area contributed by atoms with Crippen LogP contribution in [0.2, 0.25) is 0 Å². The van der Waals surface area contributed by atoms with Crippen molar-refractivity contribution in [2.75, 3.05) is 0 Å². The third-order valence-corrected chi connectivity index (χ3v) is 8.84. The van der Waals surface area contributed by atoms with E-state index in [1.807, 2.05) is 60.7 Å². The number of aromatic nitrogens is 3. The van der Waals surface area contributed by atoms with E-state index in [4.69, 9.17) is 4.42 Å². The molecule has 5 aromatic carbocycles. The Labute approximate surface area is 270 Å². The van der Waals surface area contributed by atoms with Gasteiger partial charge in [0.2, 0.25) is 3.79 Å². The Morgan fingerprint density at radius 3 is 2.07 bits per heavy atom. The van der Waals surface area contributed by atoms with Gasteiger partial charge in [-0.25, -0.2) is 4.79 Å². The quantitative estimate of drug-likeness (QED) is 0.0590. The number of benzene rings is 5. The van der Waals surface area contributed by atoms with Crippen molar-refractivity contribution in [3.63, 3.8) is 0 Å². The fraction of sp³-hybridized carbons (Fsp3) is 0. The Kier molecular flexibility index (Phi) is 6.42. The molecule has 0 saturated carbocycles. The van der Waals surface area contributed by atoms with Gasteiger partial charge in [0.05, 0.1) is 40.4 Å². The van der Waals surface area contributed by atoms with Crippen molar-refractivity contribution < 1.29 is 9.21 Å². The topological polar surface area (TPSA) is 78.0 Å². The molecule has 6 nitrogen and oxygen atoms in total. The van der Waals surface area contributed by atoms with E-state index in [0.29, 0.717) is 28.1 Å². The molecule has 45 heavy (non-hydrogen) atoms. The summed E-state index contributed by atoms with van der Waals surface area (Å²) < 4.78 is 7.89. The summed E-state index contributed by atoms with van der Waals surface area (Å²) in [6.45, 7) is 3.81. The zero-order valence-electron chi connectivity index (χ0n) is 23.7. The minimum absolute atomic E-state index is 0.172. The van der Waals surface area contributed by atoms with Gasteiger partial charge in [0.25, 0.3) is 0 Å². The van der Waals surface area contributed by atoms with Crippen molar-refractivity contribution in [3.8, 4) is 28.1 Å². The number of carbonyl (C=O) groups is 1. The molecule has 3 heterocycles. The minimum atomic E-state index is -0.383. The number of halogens is 1. The maximum atomic E-state index is 13.3. The highest BCUT2D eigenvalue weighted by atomic mass is 127. The molecule has 0 N–H and O–H groups in total. The van der Waals surface area contributed by atoms with Crippen LogP contribution in [-0.2, 0) is 4.79 Å². The lowest BCUT2D eigenvalue weighted by molar-refractivity contribution is -0.104. The normalized spacial score (nSPS) is 11.5. The molecule has 0 radical (unpaired) electrons. The first kappa shape index (κ1) is 27.2. The minimum Gasteiger partial charge on any atom is -0.422 e. The van der Waals surface area contributed by atoms with Crippen LogP contribution in [-0.4, -0.2) is 18.3 Å². The molecular formula is C38H22IN3O3. The standard InChI is InChI=1S/C38H22IN3O3/c1-22(37(39)43)32-20-41-33(21-40-32)26-12-14-35-31(17-26)30-16-25(11-13-34(30)42(35)28-9-3-2-4-10-28)29-18-27-15-23-7-5-6-8-24(23)19-36(27)45-38(29)44/h2-21H,1H2. The maximum Gasteiger partial charge on any atom is 0.344 e. The van der Waals surface area contributed by atoms with Crippen molar-refractivity contribution in [2.45, 2.75) is 0 Å². The van der Waals surface area contributed by atoms with Gasteiger partial charge in [0.15, 0.2) is 0 Å². The van der Waals surface area contributed by atoms with E-state index in [-0.39, 0.29) is 9.42 Å². The van der Waals surface area contributed by atoms with Crippen molar-refractivity contribution in [1.29, 1.82) is 0 Å². The number of allylic oxidation sites excluding steroid dienone is 1. The van der Waals surface area contributed by atoms with Crippen LogP contribution in [0, 0.1) is 0 Å². The second-order valence-corrected chi connectivity index (χ2v) is 11.8. The summed E-state index contributed by atoms with van der Waals surface area (Å²) in [4.78, 5) is 34.1. The Balaban J connectivity index is 1.33. The smallest absolute Gasteiger partial charge is 0.344 e. The van der Waals surface area contributed by atoms with Gasteiger partial charge >= 0.3 is 5.63 Å². The van der Waals surface area contributed by atoms with Gasteiger partial charge in [0.1, 0.15) is 5.58 Å². The van der Waals surface area contributed by atoms with Gasteiger partial charge < -0.3 is 8.98 Å². The number of hydrogen-bond acceptors (Lipinski definition) is 5. The molecular weight excluding hydrogens is 673 g/mol. The third kappa shape index (κ3) is 4.63. The first-order valence-electron chi connectivity index (χ1n) is 14.3. The molecule has 3 aromatic heterocycles. The highest BCUT2D eigenvalue weighted by Gasteiger charge is 2.17. The van der Waals surface area contributed by atoms with Gasteiger partial charge in [-0.2, -0.15) is 0 Å². The van der Waals surface area contributed by atoms with Crippen molar-refractivity contribution in [1.82, 2.24) is 14.5 Å². The molecule has 8 aromatic rings. The molecule has 0 aliphatic carbocycles. The average molecular weight is 696 g/mol. The molecule has 0 aliphatic rings. The molecule has 0 amide bonds. The fourth-order valence-electron chi connectivity index (χ4n) is 5.95. The van der Waals surface area contributed by atoms with E-state index in [1.165, 1.54) is 0 Å². The lowest BCUT2D eigenvalue weighted by atomic mass is 10.0. The molecule has 0 fully saturated rings. The number of nitrogens with zero attached hydrogens (tertiary/aromatic N) is 3. The highest BCUT2D eigenvalue weighted by Crippen LogP contribution is 2.37. The number of rotatable bonds is 5. The van der Waals surface area contributed by atoms with Gasteiger partial charge in [-0.05, 0) is 70.9 Å². The van der Waals surface area contributed by atoms with Crippen LogP contribution in [0.3, 0.4) is 0 Å². The molecule has 0 saturated heterocycles. The van der Waals surface area contributed by atoms with Crippen molar-refractivity contribution >= 4 is 75.5 Å². The lowest BCUT2D eigenvalue weighted by Gasteiger charge is -2.08. The van der Waals surface area contributed by atoms with E-state index in [9.17, 15) is 9.59 Å². The molecule has 0 spiro atoms. The van der Waals surface area contributed by atoms with Crippen LogP contribution in [0.1, 0.15) is 5.69 Å². The van der Waals surface area contributed by atoms with E-state index in [0.717, 1.165) is 54.8 Å². The van der Waals surface area contributed by atoms with Crippen molar-refractivity contribution in [2.24, 2.45) is 0 Å². The predicted octanol–water partition coefficient (Wildman–Crippen LogP) is 9.14. The lowest BCUT2D eigenvalue weighted by Crippen LogP contribution is -2.02. The van der Waals surface area contributed by atoms with Crippen LogP contribution in [0.4, 0.5) is 0 Å². The SMILES string of the molecule is C=C(C(=O)I)c1cnc(-c2ccc3c(c2)c2cc(-c4cc5cc6ccccc6cc5oc4=O)ccc2n3-c2ccccc2)cn1. The molecule has 7 heteroatoms. The van der Waals surface area contributed by atoms with Gasteiger partial charge in [-0.3, -0.25) is 14.8 Å². The number of para-hydroxylation sites is 1. The van der Waals surface area contributed by atoms with Crippen LogP contribution in [0.25, 0.3) is 77.2 Å². The average Bonchev–Trinajstić information content (AvgIpc) is 3.40.